The van der Waals surface area contributed by atoms with Crippen LogP contribution in [0, 0.1) is 0 Å². The maximum atomic E-state index is 12.6. The Hall–Kier alpha value is -3.55. The van der Waals surface area contributed by atoms with Crippen molar-refractivity contribution in [3.63, 3.8) is 0 Å². The second kappa shape index (κ2) is 8.43. The first kappa shape index (κ1) is 19.2. The smallest absolute Gasteiger partial charge is 0.254 e. The Morgan fingerprint density at radius 1 is 1.00 bits per heavy atom. The summed E-state index contributed by atoms with van der Waals surface area (Å²) in [5.74, 6) is 2.26. The molecule has 2 aromatic carbocycles. The van der Waals surface area contributed by atoms with Gasteiger partial charge >= 0.3 is 0 Å². The summed E-state index contributed by atoms with van der Waals surface area (Å²) in [5, 5.41) is 8.09. The van der Waals surface area contributed by atoms with Gasteiger partial charge in [-0.05, 0) is 36.4 Å². The zero-order valence-electron chi connectivity index (χ0n) is 16.1. The highest BCUT2D eigenvalue weighted by atomic mass is 16.5. The molecule has 0 fully saturated rings. The van der Waals surface area contributed by atoms with Crippen molar-refractivity contribution < 1.29 is 23.4 Å². The highest BCUT2D eigenvalue weighted by Gasteiger charge is 2.17. The van der Waals surface area contributed by atoms with Crippen LogP contribution in [0.25, 0.3) is 11.5 Å². The van der Waals surface area contributed by atoms with E-state index in [1.807, 2.05) is 0 Å². The average Bonchev–Trinajstić information content (AvgIpc) is 3.21. The van der Waals surface area contributed by atoms with Crippen LogP contribution in [0.2, 0.25) is 0 Å². The zero-order chi connectivity index (χ0) is 20.1. The first-order chi connectivity index (χ1) is 13.5. The molecule has 0 aliphatic carbocycles. The van der Waals surface area contributed by atoms with Crippen LogP contribution in [0.3, 0.4) is 0 Å². The molecular formula is C20H21N3O5. The number of aromatic nitrogens is 2. The third kappa shape index (κ3) is 4.06. The van der Waals surface area contributed by atoms with Crippen LogP contribution in [0.15, 0.2) is 46.9 Å². The second-order valence-corrected chi connectivity index (χ2v) is 5.96. The molecule has 0 spiro atoms. The van der Waals surface area contributed by atoms with E-state index in [0.29, 0.717) is 40.2 Å². The zero-order valence-corrected chi connectivity index (χ0v) is 16.1. The van der Waals surface area contributed by atoms with E-state index in [1.165, 1.54) is 4.90 Å². The molecule has 0 saturated carbocycles. The number of benzene rings is 2. The molecule has 8 heteroatoms. The fourth-order valence-electron chi connectivity index (χ4n) is 2.65. The molecule has 0 aliphatic heterocycles. The topological polar surface area (TPSA) is 86.9 Å². The Morgan fingerprint density at radius 2 is 1.79 bits per heavy atom. The maximum Gasteiger partial charge on any atom is 0.254 e. The van der Waals surface area contributed by atoms with E-state index in [-0.39, 0.29) is 12.5 Å². The van der Waals surface area contributed by atoms with E-state index in [0.717, 1.165) is 0 Å². The van der Waals surface area contributed by atoms with Crippen molar-refractivity contribution in [2.24, 2.45) is 0 Å². The van der Waals surface area contributed by atoms with Crippen LogP contribution in [0.1, 0.15) is 16.2 Å². The Labute approximate surface area is 162 Å². The third-order valence-electron chi connectivity index (χ3n) is 4.13. The number of nitrogens with zero attached hydrogens (tertiary/aromatic N) is 3. The van der Waals surface area contributed by atoms with Gasteiger partial charge in [0.15, 0.2) is 11.5 Å². The number of methoxy groups -OCH3 is 3. The third-order valence-corrected chi connectivity index (χ3v) is 4.13. The van der Waals surface area contributed by atoms with Gasteiger partial charge in [0.05, 0.1) is 27.9 Å². The van der Waals surface area contributed by atoms with Crippen molar-refractivity contribution in [1.29, 1.82) is 0 Å². The number of carbonyl (C=O) groups excluding carboxylic acids is 1. The van der Waals surface area contributed by atoms with Gasteiger partial charge in [-0.2, -0.15) is 0 Å². The average molecular weight is 383 g/mol. The van der Waals surface area contributed by atoms with Crippen LogP contribution in [-0.2, 0) is 6.54 Å². The molecule has 0 aliphatic rings. The fourth-order valence-corrected chi connectivity index (χ4v) is 2.65. The summed E-state index contributed by atoms with van der Waals surface area (Å²) < 4.78 is 21.4. The molecule has 0 unspecified atom stereocenters. The van der Waals surface area contributed by atoms with Gasteiger partial charge in [-0.1, -0.05) is 6.07 Å². The number of carbonyl (C=O) groups is 1. The number of amides is 1. The lowest BCUT2D eigenvalue weighted by Crippen LogP contribution is -2.26. The van der Waals surface area contributed by atoms with Gasteiger partial charge < -0.3 is 23.5 Å². The Balaban J connectivity index is 1.74. The van der Waals surface area contributed by atoms with Crippen LogP contribution < -0.4 is 14.2 Å². The molecule has 3 aromatic rings. The first-order valence-corrected chi connectivity index (χ1v) is 8.50. The quantitative estimate of drug-likeness (QED) is 0.620. The van der Waals surface area contributed by atoms with E-state index >= 15 is 0 Å². The molecule has 3 rings (SSSR count). The van der Waals surface area contributed by atoms with Crippen molar-refractivity contribution in [3.8, 4) is 28.7 Å². The van der Waals surface area contributed by atoms with Gasteiger partial charge in [-0.3, -0.25) is 4.79 Å². The number of ether oxygens (including phenoxy) is 3. The molecule has 28 heavy (non-hydrogen) atoms. The molecule has 0 bridgehead atoms. The normalized spacial score (nSPS) is 10.4. The summed E-state index contributed by atoms with van der Waals surface area (Å²) in [4.78, 5) is 14.1. The molecule has 1 aromatic heterocycles. The molecule has 0 saturated heterocycles. The van der Waals surface area contributed by atoms with Crippen molar-refractivity contribution in [2.75, 3.05) is 28.4 Å². The second-order valence-electron chi connectivity index (χ2n) is 5.96. The minimum Gasteiger partial charge on any atom is -0.497 e. The van der Waals surface area contributed by atoms with Crippen LogP contribution in [-0.4, -0.2) is 49.4 Å². The van der Waals surface area contributed by atoms with Crippen molar-refractivity contribution in [2.45, 2.75) is 6.54 Å². The van der Waals surface area contributed by atoms with Crippen molar-refractivity contribution in [1.82, 2.24) is 15.1 Å². The summed E-state index contributed by atoms with van der Waals surface area (Å²) in [6.45, 7) is 0.177. The molecule has 8 nitrogen and oxygen atoms in total. The molecule has 146 valence electrons. The Morgan fingerprint density at radius 3 is 2.50 bits per heavy atom. The van der Waals surface area contributed by atoms with Gasteiger partial charge in [0.2, 0.25) is 11.8 Å². The van der Waals surface area contributed by atoms with Crippen LogP contribution in [0.5, 0.6) is 17.2 Å². The largest absolute Gasteiger partial charge is 0.497 e. The first-order valence-electron chi connectivity index (χ1n) is 8.50. The number of hydrogen-bond donors (Lipinski definition) is 0. The Kier molecular flexibility index (Phi) is 5.78. The molecule has 0 atom stereocenters. The fraction of sp³-hybridized carbons (Fsp3) is 0.250. The van der Waals surface area contributed by atoms with Crippen molar-refractivity contribution in [3.05, 3.63) is 53.9 Å². The van der Waals surface area contributed by atoms with Gasteiger partial charge in [-0.25, -0.2) is 0 Å². The predicted octanol–water partition coefficient (Wildman–Crippen LogP) is 3.03. The summed E-state index contributed by atoms with van der Waals surface area (Å²) in [6.07, 6.45) is 0. The summed E-state index contributed by atoms with van der Waals surface area (Å²) >= 11 is 0. The molecule has 0 radical (unpaired) electrons. The number of rotatable bonds is 7. The van der Waals surface area contributed by atoms with Gasteiger partial charge in [0.25, 0.3) is 5.91 Å². The molecule has 0 N–H and O–H groups in total. The highest BCUT2D eigenvalue weighted by Crippen LogP contribution is 2.31. The lowest BCUT2D eigenvalue weighted by atomic mass is 10.2. The molecular weight excluding hydrogens is 362 g/mol. The van der Waals surface area contributed by atoms with E-state index in [1.54, 1.807) is 70.8 Å². The van der Waals surface area contributed by atoms with E-state index in [4.69, 9.17) is 18.6 Å². The van der Waals surface area contributed by atoms with Crippen LogP contribution >= 0.6 is 0 Å². The lowest BCUT2D eigenvalue weighted by molar-refractivity contribution is 0.0772. The monoisotopic (exact) mass is 383 g/mol. The van der Waals surface area contributed by atoms with Gasteiger partial charge in [0, 0.05) is 18.2 Å². The van der Waals surface area contributed by atoms with Gasteiger partial charge in [-0.15, -0.1) is 10.2 Å². The van der Waals surface area contributed by atoms with Crippen molar-refractivity contribution >= 4 is 5.91 Å². The number of hydrogen-bond acceptors (Lipinski definition) is 7. The van der Waals surface area contributed by atoms with E-state index < -0.39 is 0 Å². The summed E-state index contributed by atoms with van der Waals surface area (Å²) in [6, 6.07) is 12.3. The molecule has 1 heterocycles. The SMILES string of the molecule is COc1cccc(C(=O)N(C)Cc2nnc(-c3ccc(OC)c(OC)c3)o2)c1. The maximum absolute atomic E-state index is 12.6. The minimum atomic E-state index is -0.176. The summed E-state index contributed by atoms with van der Waals surface area (Å²) in [7, 11) is 6.35. The minimum absolute atomic E-state index is 0.176. The highest BCUT2D eigenvalue weighted by molar-refractivity contribution is 5.94. The van der Waals surface area contributed by atoms with Gasteiger partial charge in [0.1, 0.15) is 5.75 Å². The molecule has 1 amide bonds. The van der Waals surface area contributed by atoms with E-state index in [2.05, 4.69) is 10.2 Å². The Bertz CT molecular complexity index is 970. The standard InChI is InChI=1S/C20H21N3O5/c1-23(20(24)14-6-5-7-15(10-14)25-2)12-18-21-22-19(28-18)13-8-9-16(26-3)17(11-13)27-4/h5-11H,12H2,1-4H3. The lowest BCUT2D eigenvalue weighted by Gasteiger charge is -2.15. The predicted molar refractivity (Wildman–Crippen MR) is 102 cm³/mol. The van der Waals surface area contributed by atoms with Crippen LogP contribution in [0.4, 0.5) is 0 Å². The summed E-state index contributed by atoms with van der Waals surface area (Å²) in [5.41, 5.74) is 1.21. The van der Waals surface area contributed by atoms with E-state index in [9.17, 15) is 4.79 Å².